The second-order valence-electron chi connectivity index (χ2n) is 8.29. The first-order valence-corrected chi connectivity index (χ1v) is 10.7. The molecule has 0 saturated carbocycles. The van der Waals surface area contributed by atoms with Gasteiger partial charge in [-0.05, 0) is 59.6 Å². The highest BCUT2D eigenvalue weighted by molar-refractivity contribution is 5.95. The van der Waals surface area contributed by atoms with Gasteiger partial charge in [0.05, 0.1) is 31.9 Å². The van der Waals surface area contributed by atoms with Gasteiger partial charge in [0.15, 0.2) is 0 Å². The molecule has 174 valence electrons. The van der Waals surface area contributed by atoms with Gasteiger partial charge in [0.1, 0.15) is 17.1 Å². The number of aliphatic hydroxyl groups excluding tert-OH is 1. The van der Waals surface area contributed by atoms with Gasteiger partial charge in [-0.3, -0.25) is 4.79 Å². The van der Waals surface area contributed by atoms with Crippen molar-refractivity contribution in [3.63, 3.8) is 0 Å². The summed E-state index contributed by atoms with van der Waals surface area (Å²) in [5, 5.41) is 14.8. The standard InChI is InChI=1S/C22H34N2O7/c1-6-28-16-11-15(12-17(13-16)29-7-2)20(26)23-18-14-24(10-8-9-19(18)25)31-21(27)30-22(3,4)5/h11-13,18-19,25H,6-10,14H2,1-5H3,(H,23,26)/t18-,19-/m1/s1. The minimum absolute atomic E-state index is 0.135. The molecule has 9 heteroatoms. The van der Waals surface area contributed by atoms with Crippen molar-refractivity contribution >= 4 is 12.1 Å². The monoisotopic (exact) mass is 438 g/mol. The first-order chi connectivity index (χ1) is 14.6. The lowest BCUT2D eigenvalue weighted by atomic mass is 10.1. The number of carbonyl (C=O) groups excluding carboxylic acids is 2. The van der Waals surface area contributed by atoms with Crippen LogP contribution in [-0.4, -0.2) is 66.3 Å². The molecular formula is C22H34N2O7. The van der Waals surface area contributed by atoms with Crippen molar-refractivity contribution in [3.05, 3.63) is 23.8 Å². The van der Waals surface area contributed by atoms with Crippen LogP contribution in [0.5, 0.6) is 11.5 Å². The van der Waals surface area contributed by atoms with Crippen LogP contribution in [0.2, 0.25) is 0 Å². The predicted octanol–water partition coefficient (Wildman–Crippen LogP) is 2.91. The third-order valence-electron chi connectivity index (χ3n) is 4.45. The van der Waals surface area contributed by atoms with E-state index in [-0.39, 0.29) is 12.5 Å². The molecule has 1 fully saturated rings. The van der Waals surface area contributed by atoms with Gasteiger partial charge in [0.25, 0.3) is 5.91 Å². The summed E-state index contributed by atoms with van der Waals surface area (Å²) in [4.78, 5) is 30.2. The summed E-state index contributed by atoms with van der Waals surface area (Å²) in [7, 11) is 0. The molecule has 0 unspecified atom stereocenters. The van der Waals surface area contributed by atoms with E-state index >= 15 is 0 Å². The number of aliphatic hydroxyl groups is 1. The average molecular weight is 439 g/mol. The molecule has 1 aliphatic rings. The second kappa shape index (κ2) is 11.2. The second-order valence-corrected chi connectivity index (χ2v) is 8.29. The van der Waals surface area contributed by atoms with Crippen molar-refractivity contribution in [1.29, 1.82) is 0 Å². The molecule has 1 aliphatic heterocycles. The van der Waals surface area contributed by atoms with Gasteiger partial charge in [0.2, 0.25) is 0 Å². The average Bonchev–Trinajstić information content (AvgIpc) is 2.82. The number of benzene rings is 1. The molecule has 1 amide bonds. The number of hydroxylamine groups is 2. The molecule has 1 aromatic rings. The van der Waals surface area contributed by atoms with E-state index < -0.39 is 23.9 Å². The van der Waals surface area contributed by atoms with Crippen LogP contribution in [0.25, 0.3) is 0 Å². The van der Waals surface area contributed by atoms with E-state index in [2.05, 4.69) is 5.32 Å². The molecule has 0 aromatic heterocycles. The summed E-state index contributed by atoms with van der Waals surface area (Å²) in [5.74, 6) is 0.662. The molecule has 2 rings (SSSR count). The van der Waals surface area contributed by atoms with Gasteiger partial charge < -0.3 is 29.5 Å². The highest BCUT2D eigenvalue weighted by atomic mass is 16.8. The van der Waals surface area contributed by atoms with Gasteiger partial charge >= 0.3 is 6.16 Å². The number of rotatable bonds is 7. The lowest BCUT2D eigenvalue weighted by Crippen LogP contribution is -2.49. The Hall–Kier alpha value is -2.52. The van der Waals surface area contributed by atoms with E-state index in [9.17, 15) is 14.7 Å². The van der Waals surface area contributed by atoms with Crippen LogP contribution < -0.4 is 14.8 Å². The van der Waals surface area contributed by atoms with E-state index in [0.717, 1.165) is 0 Å². The largest absolute Gasteiger partial charge is 0.528 e. The lowest BCUT2D eigenvalue weighted by Gasteiger charge is -2.27. The first kappa shape index (κ1) is 24.7. The van der Waals surface area contributed by atoms with E-state index in [4.69, 9.17) is 19.0 Å². The van der Waals surface area contributed by atoms with Crippen molar-refractivity contribution in [1.82, 2.24) is 10.4 Å². The van der Waals surface area contributed by atoms with Gasteiger partial charge in [-0.1, -0.05) is 0 Å². The van der Waals surface area contributed by atoms with Crippen LogP contribution in [0.15, 0.2) is 18.2 Å². The highest BCUT2D eigenvalue weighted by Gasteiger charge is 2.30. The Morgan fingerprint density at radius 1 is 1.13 bits per heavy atom. The molecule has 0 radical (unpaired) electrons. The van der Waals surface area contributed by atoms with Crippen molar-refractivity contribution in [2.24, 2.45) is 0 Å². The van der Waals surface area contributed by atoms with Crippen LogP contribution in [0.1, 0.15) is 57.8 Å². The Balaban J connectivity index is 2.10. The van der Waals surface area contributed by atoms with Crippen molar-refractivity contribution in [2.45, 2.75) is 65.2 Å². The summed E-state index contributed by atoms with van der Waals surface area (Å²) in [6.07, 6.45) is -0.537. The molecule has 2 atom stereocenters. The predicted molar refractivity (Wildman–Crippen MR) is 114 cm³/mol. The number of amides is 1. The smallest absolute Gasteiger partial charge is 0.494 e. The van der Waals surface area contributed by atoms with Crippen LogP contribution in [0.3, 0.4) is 0 Å². The molecular weight excluding hydrogens is 404 g/mol. The number of nitrogens with one attached hydrogen (secondary N) is 1. The van der Waals surface area contributed by atoms with E-state index in [1.165, 1.54) is 5.06 Å². The Morgan fingerprint density at radius 2 is 1.74 bits per heavy atom. The van der Waals surface area contributed by atoms with Crippen LogP contribution in [0.4, 0.5) is 4.79 Å². The zero-order valence-electron chi connectivity index (χ0n) is 19.0. The quantitative estimate of drug-likeness (QED) is 0.626. The Kier molecular flexibility index (Phi) is 8.94. The molecule has 2 N–H and O–H groups in total. The summed E-state index contributed by atoms with van der Waals surface area (Å²) in [5.41, 5.74) is -0.328. The molecule has 0 spiro atoms. The number of carbonyl (C=O) groups is 2. The summed E-state index contributed by atoms with van der Waals surface area (Å²) in [6.45, 7) is 10.4. The minimum atomic E-state index is -0.820. The molecule has 1 aromatic carbocycles. The Bertz CT molecular complexity index is 724. The van der Waals surface area contributed by atoms with E-state index in [0.29, 0.717) is 49.7 Å². The zero-order chi connectivity index (χ0) is 23.0. The minimum Gasteiger partial charge on any atom is -0.494 e. The van der Waals surface area contributed by atoms with Gasteiger partial charge in [0, 0.05) is 18.2 Å². The fourth-order valence-electron chi connectivity index (χ4n) is 3.16. The van der Waals surface area contributed by atoms with Crippen LogP contribution >= 0.6 is 0 Å². The number of ether oxygens (including phenoxy) is 3. The fraction of sp³-hybridized carbons (Fsp3) is 0.636. The van der Waals surface area contributed by atoms with E-state index in [1.54, 1.807) is 39.0 Å². The maximum Gasteiger partial charge on any atom is 0.528 e. The van der Waals surface area contributed by atoms with Crippen molar-refractivity contribution in [3.8, 4) is 11.5 Å². The molecule has 0 bridgehead atoms. The molecule has 1 saturated heterocycles. The van der Waals surface area contributed by atoms with E-state index in [1.807, 2.05) is 13.8 Å². The zero-order valence-corrected chi connectivity index (χ0v) is 19.0. The highest BCUT2D eigenvalue weighted by Crippen LogP contribution is 2.24. The molecule has 9 nitrogen and oxygen atoms in total. The van der Waals surface area contributed by atoms with Gasteiger partial charge in [-0.25, -0.2) is 4.79 Å². The maximum atomic E-state index is 12.9. The molecule has 1 heterocycles. The van der Waals surface area contributed by atoms with Crippen molar-refractivity contribution in [2.75, 3.05) is 26.3 Å². The van der Waals surface area contributed by atoms with Gasteiger partial charge in [-0.15, -0.1) is 5.06 Å². The number of nitrogens with zero attached hydrogens (tertiary/aromatic N) is 1. The SMILES string of the molecule is CCOc1cc(OCC)cc(C(=O)N[C@@H]2CN(OC(=O)OC(C)(C)C)CCC[C@H]2O)c1. The first-order valence-electron chi connectivity index (χ1n) is 10.7. The fourth-order valence-corrected chi connectivity index (χ4v) is 3.16. The topological polar surface area (TPSA) is 107 Å². The molecule has 0 aliphatic carbocycles. The normalized spacial score (nSPS) is 19.8. The summed E-state index contributed by atoms with van der Waals surface area (Å²) < 4.78 is 16.2. The van der Waals surface area contributed by atoms with Crippen LogP contribution in [-0.2, 0) is 9.57 Å². The Labute approximate surface area is 183 Å². The molecule has 31 heavy (non-hydrogen) atoms. The lowest BCUT2D eigenvalue weighted by molar-refractivity contribution is -0.144. The summed E-state index contributed by atoms with van der Waals surface area (Å²) >= 11 is 0. The third-order valence-corrected chi connectivity index (χ3v) is 4.45. The number of hydrogen-bond acceptors (Lipinski definition) is 8. The van der Waals surface area contributed by atoms with Gasteiger partial charge in [-0.2, -0.15) is 0 Å². The maximum absolute atomic E-state index is 12.9. The summed E-state index contributed by atoms with van der Waals surface area (Å²) in [6, 6.07) is 4.34. The Morgan fingerprint density at radius 3 is 2.29 bits per heavy atom. The number of hydrogen-bond donors (Lipinski definition) is 2. The third kappa shape index (κ3) is 8.26. The van der Waals surface area contributed by atoms with Crippen LogP contribution in [0, 0.1) is 0 Å². The van der Waals surface area contributed by atoms with Crippen molar-refractivity contribution < 1.29 is 33.7 Å².